The van der Waals surface area contributed by atoms with Crippen molar-refractivity contribution in [3.63, 3.8) is 0 Å². The molecule has 0 saturated carbocycles. The van der Waals surface area contributed by atoms with E-state index in [2.05, 4.69) is 15.3 Å². The Balaban J connectivity index is 1.36. The van der Waals surface area contributed by atoms with E-state index in [4.69, 9.17) is 4.42 Å². The quantitative estimate of drug-likeness (QED) is 0.293. The smallest absolute Gasteiger partial charge is 0.407 e. The lowest BCUT2D eigenvalue weighted by molar-refractivity contribution is -0.384. The molecule has 4 aromatic rings. The van der Waals surface area contributed by atoms with E-state index in [0.717, 1.165) is 11.3 Å². The van der Waals surface area contributed by atoms with Crippen LogP contribution >= 0.6 is 0 Å². The summed E-state index contributed by atoms with van der Waals surface area (Å²) in [7, 11) is 0. The number of nitrogens with one attached hydrogen (secondary N) is 2. The molecule has 0 spiro atoms. The van der Waals surface area contributed by atoms with Gasteiger partial charge in [0, 0.05) is 19.0 Å². The third-order valence-electron chi connectivity index (χ3n) is 5.40. The van der Waals surface area contributed by atoms with Crippen molar-refractivity contribution in [1.29, 1.82) is 0 Å². The van der Waals surface area contributed by atoms with Crippen molar-refractivity contribution in [1.82, 2.24) is 19.9 Å². The lowest BCUT2D eigenvalue weighted by atomic mass is 10.2. The van der Waals surface area contributed by atoms with Crippen LogP contribution in [0.15, 0.2) is 63.9 Å². The van der Waals surface area contributed by atoms with E-state index in [1.165, 1.54) is 22.8 Å². The fraction of sp³-hybridized carbons (Fsp3) is 0.261. The Morgan fingerprint density at radius 3 is 2.79 bits per heavy atom. The number of nitro benzene ring substituents is 1. The molecule has 0 fully saturated rings. The Kier molecular flexibility index (Phi) is 6.34. The maximum absolute atomic E-state index is 12.5. The number of non-ortho nitro benzene ring substituents is 1. The van der Waals surface area contributed by atoms with Crippen LogP contribution in [0, 0.1) is 10.1 Å². The summed E-state index contributed by atoms with van der Waals surface area (Å²) in [5, 5.41) is 13.9. The Morgan fingerprint density at radius 2 is 2.06 bits per heavy atom. The molecule has 0 aliphatic heterocycles. The second kappa shape index (κ2) is 9.51. The molecule has 4 rings (SSSR count). The van der Waals surface area contributed by atoms with Crippen LogP contribution in [-0.2, 0) is 11.3 Å². The van der Waals surface area contributed by atoms with E-state index in [1.807, 2.05) is 37.3 Å². The van der Waals surface area contributed by atoms with Crippen molar-refractivity contribution in [3.8, 4) is 11.3 Å². The monoisotopic (exact) mass is 449 g/mol. The van der Waals surface area contributed by atoms with Gasteiger partial charge in [-0.2, -0.15) is 0 Å². The zero-order valence-electron chi connectivity index (χ0n) is 18.0. The van der Waals surface area contributed by atoms with E-state index in [9.17, 15) is 19.7 Å². The summed E-state index contributed by atoms with van der Waals surface area (Å²) in [5.74, 6) is -0.0827. The zero-order chi connectivity index (χ0) is 23.4. The van der Waals surface area contributed by atoms with Gasteiger partial charge in [-0.15, -0.1) is 0 Å². The highest BCUT2D eigenvalue weighted by molar-refractivity contribution is 5.77. The molecule has 0 aliphatic carbocycles. The van der Waals surface area contributed by atoms with Gasteiger partial charge in [0.25, 0.3) is 5.69 Å². The van der Waals surface area contributed by atoms with Crippen LogP contribution in [0.2, 0.25) is 0 Å². The minimum atomic E-state index is -0.610. The number of aromatic nitrogens is 3. The van der Waals surface area contributed by atoms with E-state index in [1.54, 1.807) is 6.20 Å². The molecule has 0 radical (unpaired) electrons. The molecule has 2 aromatic carbocycles. The van der Waals surface area contributed by atoms with Crippen molar-refractivity contribution in [2.45, 2.75) is 38.8 Å². The molecule has 1 unspecified atom stereocenters. The average Bonchev–Trinajstić information content (AvgIpc) is 3.42. The molecule has 0 saturated heterocycles. The number of rotatable bonds is 9. The van der Waals surface area contributed by atoms with Crippen molar-refractivity contribution in [3.05, 3.63) is 81.2 Å². The molecule has 33 heavy (non-hydrogen) atoms. The summed E-state index contributed by atoms with van der Waals surface area (Å²) in [6, 6.07) is 13.6. The van der Waals surface area contributed by atoms with Gasteiger partial charge < -0.3 is 14.7 Å². The van der Waals surface area contributed by atoms with Gasteiger partial charge in [-0.25, -0.2) is 9.78 Å². The number of aryl methyl sites for hydroxylation is 1. The van der Waals surface area contributed by atoms with Gasteiger partial charge in [-0.05, 0) is 24.5 Å². The molecule has 2 aromatic heterocycles. The van der Waals surface area contributed by atoms with Crippen LogP contribution in [-0.4, -0.2) is 25.4 Å². The molecule has 0 aliphatic rings. The first-order chi connectivity index (χ1) is 16.0. The Labute approximate surface area is 188 Å². The molecule has 10 nitrogen and oxygen atoms in total. The summed E-state index contributed by atoms with van der Waals surface area (Å²) >= 11 is 0. The van der Waals surface area contributed by atoms with Crippen molar-refractivity contribution in [2.24, 2.45) is 0 Å². The lowest BCUT2D eigenvalue weighted by Crippen LogP contribution is -2.29. The van der Waals surface area contributed by atoms with Crippen LogP contribution in [0.25, 0.3) is 22.4 Å². The fourth-order valence-electron chi connectivity index (χ4n) is 3.69. The predicted octanol–water partition coefficient (Wildman–Crippen LogP) is 3.94. The van der Waals surface area contributed by atoms with Gasteiger partial charge in [-0.1, -0.05) is 37.3 Å². The Hall–Kier alpha value is -4.21. The van der Waals surface area contributed by atoms with Crippen LogP contribution in [0.5, 0.6) is 0 Å². The highest BCUT2D eigenvalue weighted by atomic mass is 16.6. The fourth-order valence-corrected chi connectivity index (χ4v) is 3.69. The third kappa shape index (κ3) is 4.84. The average molecular weight is 449 g/mol. The van der Waals surface area contributed by atoms with Crippen LogP contribution < -0.4 is 11.1 Å². The molecule has 170 valence electrons. The first-order valence-electron chi connectivity index (χ1n) is 10.6. The first kappa shape index (κ1) is 22.0. The number of oxazole rings is 1. The molecule has 2 heterocycles. The van der Waals surface area contributed by atoms with Gasteiger partial charge in [0.2, 0.25) is 5.91 Å². The van der Waals surface area contributed by atoms with E-state index in [0.29, 0.717) is 24.2 Å². The van der Waals surface area contributed by atoms with Gasteiger partial charge in [0.15, 0.2) is 5.58 Å². The summed E-state index contributed by atoms with van der Waals surface area (Å²) in [6.45, 7) is 2.22. The third-order valence-corrected chi connectivity index (χ3v) is 5.40. The number of nitrogens with zero attached hydrogens (tertiary/aromatic N) is 3. The minimum Gasteiger partial charge on any atom is -0.407 e. The lowest BCUT2D eigenvalue weighted by Gasteiger charge is -2.14. The number of hydrogen-bond acceptors (Lipinski definition) is 6. The number of carbonyl (C=O) groups excluding carboxylic acids is 1. The minimum absolute atomic E-state index is 0.150. The number of carbonyl (C=O) groups is 1. The highest BCUT2D eigenvalue weighted by Crippen LogP contribution is 2.22. The number of imidazole rings is 1. The highest BCUT2D eigenvalue weighted by Gasteiger charge is 2.17. The largest absolute Gasteiger partial charge is 0.419 e. The number of nitro groups is 1. The second-order valence-corrected chi connectivity index (χ2v) is 7.61. The Bertz CT molecular complexity index is 1340. The second-order valence-electron chi connectivity index (χ2n) is 7.61. The summed E-state index contributed by atoms with van der Waals surface area (Å²) in [4.78, 5) is 42.7. The predicted molar refractivity (Wildman–Crippen MR) is 122 cm³/mol. The van der Waals surface area contributed by atoms with Crippen LogP contribution in [0.1, 0.15) is 38.1 Å². The summed E-state index contributed by atoms with van der Waals surface area (Å²) < 4.78 is 6.49. The summed E-state index contributed by atoms with van der Waals surface area (Å²) in [5.41, 5.74) is 2.35. The standard InChI is InChI=1S/C23H23N5O5/c1-2-17(22-24-14-18(26-22)15-7-4-3-5-8-15)25-21(29)9-6-12-27-19-11-10-16(28(31)32)13-20(19)33-23(27)30/h3-5,7-8,10-11,13-14,17H,2,6,9,12H2,1H3,(H,24,26)(H,25,29). The number of benzene rings is 2. The summed E-state index contributed by atoms with van der Waals surface area (Å²) in [6.07, 6.45) is 3.02. The van der Waals surface area contributed by atoms with E-state index >= 15 is 0 Å². The molecular weight excluding hydrogens is 426 g/mol. The number of amides is 1. The SMILES string of the molecule is CCC(NC(=O)CCCn1c(=O)oc2cc([N+](=O)[O-])ccc21)c1ncc(-c2ccccc2)[nH]1. The number of H-pyrrole nitrogens is 1. The molecule has 2 N–H and O–H groups in total. The van der Waals surface area contributed by atoms with E-state index in [-0.39, 0.29) is 36.2 Å². The van der Waals surface area contributed by atoms with Gasteiger partial charge >= 0.3 is 5.76 Å². The van der Waals surface area contributed by atoms with Gasteiger partial charge in [-0.3, -0.25) is 19.5 Å². The van der Waals surface area contributed by atoms with Gasteiger partial charge in [0.05, 0.1) is 34.4 Å². The topological polar surface area (TPSA) is 136 Å². The number of fused-ring (bicyclic) bond motifs is 1. The van der Waals surface area contributed by atoms with Gasteiger partial charge in [0.1, 0.15) is 5.82 Å². The normalized spacial score (nSPS) is 12.0. The maximum atomic E-state index is 12.5. The molecule has 1 atom stereocenters. The first-order valence-corrected chi connectivity index (χ1v) is 10.6. The molecule has 10 heteroatoms. The van der Waals surface area contributed by atoms with Crippen molar-refractivity contribution in [2.75, 3.05) is 0 Å². The molecule has 1 amide bonds. The molecular formula is C23H23N5O5. The number of aromatic amines is 1. The number of hydrogen-bond donors (Lipinski definition) is 2. The van der Waals surface area contributed by atoms with Crippen molar-refractivity contribution < 1.29 is 14.1 Å². The molecule has 0 bridgehead atoms. The zero-order valence-corrected chi connectivity index (χ0v) is 18.0. The van der Waals surface area contributed by atoms with Crippen LogP contribution in [0.4, 0.5) is 5.69 Å². The van der Waals surface area contributed by atoms with Crippen molar-refractivity contribution >= 4 is 22.7 Å². The maximum Gasteiger partial charge on any atom is 0.419 e. The van der Waals surface area contributed by atoms with Crippen LogP contribution in [0.3, 0.4) is 0 Å². The van der Waals surface area contributed by atoms with E-state index < -0.39 is 10.7 Å². The Morgan fingerprint density at radius 1 is 1.27 bits per heavy atom.